The third-order valence-electron chi connectivity index (χ3n) is 1.94. The second kappa shape index (κ2) is 5.17. The summed E-state index contributed by atoms with van der Waals surface area (Å²) >= 11 is 15.0. The van der Waals surface area contributed by atoms with Gasteiger partial charge in [-0.05, 0) is 18.2 Å². The molecule has 1 aromatic heterocycles. The third-order valence-corrected chi connectivity index (χ3v) is 2.93. The van der Waals surface area contributed by atoms with Crippen LogP contribution in [0, 0.1) is 0 Å². The largest absolute Gasteiger partial charge is 0.421 e. The molecule has 0 saturated carbocycles. The highest BCUT2D eigenvalue weighted by molar-refractivity contribution is 9.10. The normalized spacial score (nSPS) is 10.7. The first-order chi connectivity index (χ1) is 7.70. The molecule has 0 radical (unpaired) electrons. The molecule has 1 aromatic carbocycles. The molecule has 84 valence electrons. The van der Waals surface area contributed by atoms with Crippen LogP contribution in [-0.2, 0) is 6.42 Å². The van der Waals surface area contributed by atoms with Gasteiger partial charge in [0.2, 0.25) is 11.8 Å². The van der Waals surface area contributed by atoms with Gasteiger partial charge in [0.25, 0.3) is 0 Å². The van der Waals surface area contributed by atoms with Gasteiger partial charge in [0.05, 0.1) is 10.6 Å². The summed E-state index contributed by atoms with van der Waals surface area (Å²) in [4.78, 5) is 0. The zero-order valence-corrected chi connectivity index (χ0v) is 11.2. The SMILES string of the molecule is ClCCc1nnc(-c2ccc(Br)cc2Cl)o1. The summed E-state index contributed by atoms with van der Waals surface area (Å²) in [5.74, 6) is 1.39. The average Bonchev–Trinajstić information content (AvgIpc) is 2.67. The first kappa shape index (κ1) is 11.9. The number of hydrogen-bond donors (Lipinski definition) is 0. The standard InChI is InChI=1S/C10H7BrCl2N2O/c11-6-1-2-7(8(13)5-6)10-15-14-9(16-10)3-4-12/h1-2,5H,3-4H2. The lowest BCUT2D eigenvalue weighted by molar-refractivity contribution is 0.514. The van der Waals surface area contributed by atoms with Crippen LogP contribution in [-0.4, -0.2) is 16.1 Å². The fourth-order valence-electron chi connectivity index (χ4n) is 1.21. The van der Waals surface area contributed by atoms with Gasteiger partial charge in [0, 0.05) is 16.8 Å². The fourth-order valence-corrected chi connectivity index (χ4v) is 2.12. The molecule has 0 unspecified atom stereocenters. The van der Waals surface area contributed by atoms with Crippen LogP contribution in [0.25, 0.3) is 11.5 Å². The Hall–Kier alpha value is -0.580. The van der Waals surface area contributed by atoms with E-state index in [9.17, 15) is 0 Å². The summed E-state index contributed by atoms with van der Waals surface area (Å²) < 4.78 is 6.33. The molecule has 0 amide bonds. The average molecular weight is 322 g/mol. The minimum absolute atomic E-state index is 0.414. The molecule has 0 saturated heterocycles. The zero-order valence-electron chi connectivity index (χ0n) is 8.08. The van der Waals surface area contributed by atoms with Gasteiger partial charge in [-0.3, -0.25) is 0 Å². The minimum atomic E-state index is 0.414. The van der Waals surface area contributed by atoms with Gasteiger partial charge in [-0.1, -0.05) is 27.5 Å². The number of aromatic nitrogens is 2. The number of benzene rings is 1. The molecule has 0 atom stereocenters. The monoisotopic (exact) mass is 320 g/mol. The van der Waals surface area contributed by atoms with E-state index in [1.165, 1.54) is 0 Å². The highest BCUT2D eigenvalue weighted by Gasteiger charge is 2.11. The van der Waals surface area contributed by atoms with Crippen molar-refractivity contribution < 1.29 is 4.42 Å². The van der Waals surface area contributed by atoms with Crippen LogP contribution in [0.1, 0.15) is 5.89 Å². The molecule has 0 aliphatic carbocycles. The number of aryl methyl sites for hydroxylation is 1. The molecule has 3 nitrogen and oxygen atoms in total. The fraction of sp³-hybridized carbons (Fsp3) is 0.200. The van der Waals surface area contributed by atoms with E-state index < -0.39 is 0 Å². The highest BCUT2D eigenvalue weighted by atomic mass is 79.9. The Bertz CT molecular complexity index is 501. The number of halogens is 3. The van der Waals surface area contributed by atoms with Gasteiger partial charge in [-0.15, -0.1) is 21.8 Å². The quantitative estimate of drug-likeness (QED) is 0.804. The van der Waals surface area contributed by atoms with E-state index >= 15 is 0 Å². The lowest BCUT2D eigenvalue weighted by atomic mass is 10.2. The second-order valence-electron chi connectivity index (χ2n) is 3.06. The van der Waals surface area contributed by atoms with Crippen LogP contribution in [0.2, 0.25) is 5.02 Å². The molecule has 2 aromatic rings. The van der Waals surface area contributed by atoms with Crippen LogP contribution in [0.4, 0.5) is 0 Å². The number of rotatable bonds is 3. The van der Waals surface area contributed by atoms with Gasteiger partial charge in [0.15, 0.2) is 0 Å². The molecule has 16 heavy (non-hydrogen) atoms. The van der Waals surface area contributed by atoms with Gasteiger partial charge in [-0.2, -0.15) is 0 Å². The van der Waals surface area contributed by atoms with Crippen LogP contribution in [0.3, 0.4) is 0 Å². The molecular formula is C10H7BrCl2N2O. The van der Waals surface area contributed by atoms with Crippen molar-refractivity contribution in [3.63, 3.8) is 0 Å². The van der Waals surface area contributed by atoms with Crippen molar-refractivity contribution in [1.82, 2.24) is 10.2 Å². The van der Waals surface area contributed by atoms with Crippen molar-refractivity contribution in [2.24, 2.45) is 0 Å². The lowest BCUT2D eigenvalue weighted by Crippen LogP contribution is -1.84. The Labute approximate surface area is 111 Å². The second-order valence-corrected chi connectivity index (χ2v) is 4.76. The van der Waals surface area contributed by atoms with Gasteiger partial charge < -0.3 is 4.42 Å². The van der Waals surface area contributed by atoms with Crippen LogP contribution in [0.5, 0.6) is 0 Å². The Kier molecular flexibility index (Phi) is 3.84. The topological polar surface area (TPSA) is 38.9 Å². The summed E-state index contributed by atoms with van der Waals surface area (Å²) in [5, 5.41) is 8.36. The Morgan fingerprint density at radius 2 is 2.12 bits per heavy atom. The number of nitrogens with zero attached hydrogens (tertiary/aromatic N) is 2. The maximum Gasteiger partial charge on any atom is 0.249 e. The molecule has 0 spiro atoms. The van der Waals surface area contributed by atoms with Crippen LogP contribution in [0.15, 0.2) is 27.1 Å². The molecule has 2 rings (SSSR count). The first-order valence-electron chi connectivity index (χ1n) is 4.54. The summed E-state index contributed by atoms with van der Waals surface area (Å²) in [5.41, 5.74) is 0.721. The molecule has 0 aliphatic rings. The van der Waals surface area contributed by atoms with E-state index in [-0.39, 0.29) is 0 Å². The molecule has 0 fully saturated rings. The van der Waals surface area contributed by atoms with E-state index in [1.54, 1.807) is 6.07 Å². The summed E-state index contributed by atoms with van der Waals surface area (Å²) in [6.45, 7) is 0. The minimum Gasteiger partial charge on any atom is -0.421 e. The molecule has 0 aliphatic heterocycles. The molecule has 6 heteroatoms. The van der Waals surface area contributed by atoms with E-state index in [1.807, 2.05) is 12.1 Å². The van der Waals surface area contributed by atoms with E-state index in [0.29, 0.717) is 29.1 Å². The maximum atomic E-state index is 6.07. The summed E-state index contributed by atoms with van der Waals surface area (Å²) in [7, 11) is 0. The molecular weight excluding hydrogens is 315 g/mol. The Morgan fingerprint density at radius 3 is 2.81 bits per heavy atom. The highest BCUT2D eigenvalue weighted by Crippen LogP contribution is 2.29. The smallest absolute Gasteiger partial charge is 0.249 e. The van der Waals surface area contributed by atoms with Crippen molar-refractivity contribution in [2.75, 3.05) is 5.88 Å². The molecule has 0 bridgehead atoms. The van der Waals surface area contributed by atoms with E-state index in [4.69, 9.17) is 27.6 Å². The van der Waals surface area contributed by atoms with Crippen molar-refractivity contribution >= 4 is 39.1 Å². The van der Waals surface area contributed by atoms with E-state index in [0.717, 1.165) is 10.0 Å². The number of alkyl halides is 1. The lowest BCUT2D eigenvalue weighted by Gasteiger charge is -1.98. The van der Waals surface area contributed by atoms with Gasteiger partial charge in [0.1, 0.15) is 0 Å². The van der Waals surface area contributed by atoms with E-state index in [2.05, 4.69) is 26.1 Å². The van der Waals surface area contributed by atoms with Crippen molar-refractivity contribution in [3.8, 4) is 11.5 Å². The summed E-state index contributed by atoms with van der Waals surface area (Å²) in [6.07, 6.45) is 0.558. The number of hydrogen-bond acceptors (Lipinski definition) is 3. The van der Waals surface area contributed by atoms with Crippen molar-refractivity contribution in [3.05, 3.63) is 33.6 Å². The van der Waals surface area contributed by atoms with Gasteiger partial charge in [-0.25, -0.2) is 0 Å². The Morgan fingerprint density at radius 1 is 1.31 bits per heavy atom. The van der Waals surface area contributed by atoms with Crippen LogP contribution >= 0.6 is 39.1 Å². The predicted molar refractivity (Wildman–Crippen MR) is 66.9 cm³/mol. The van der Waals surface area contributed by atoms with Crippen molar-refractivity contribution in [1.29, 1.82) is 0 Å². The van der Waals surface area contributed by atoms with Crippen molar-refractivity contribution in [2.45, 2.75) is 6.42 Å². The van der Waals surface area contributed by atoms with Crippen LogP contribution < -0.4 is 0 Å². The Balaban J connectivity index is 2.35. The first-order valence-corrected chi connectivity index (χ1v) is 6.25. The zero-order chi connectivity index (χ0) is 11.5. The molecule has 1 heterocycles. The summed E-state index contributed by atoms with van der Waals surface area (Å²) in [6, 6.07) is 5.47. The predicted octanol–water partition coefficient (Wildman–Crippen LogP) is 3.93. The maximum absolute atomic E-state index is 6.07. The molecule has 0 N–H and O–H groups in total. The van der Waals surface area contributed by atoms with Gasteiger partial charge >= 0.3 is 0 Å². The third kappa shape index (κ3) is 2.56.